The van der Waals surface area contributed by atoms with Crippen molar-refractivity contribution in [2.45, 2.75) is 12.3 Å². The molecule has 274 valence electrons. The molecule has 2 amide bonds. The lowest BCUT2D eigenvalue weighted by atomic mass is 9.98. The van der Waals surface area contributed by atoms with Crippen LogP contribution in [0.15, 0.2) is 97.1 Å². The standard InChI is InChI=1S/C36H32N4O13/c41-33(17-18-37-34(42)51-23-32-30-7-3-1-5-28(30)29-6-2-4-8-31(29)32)38(19-21-49-35(43)52-26-13-9-24(10-14-26)39(45)46)20-22-50-36(44)53-27-15-11-25(12-16-27)40(47)48/h1-16,32H,17-23H2,(H,37,42). The molecule has 0 radical (unpaired) electrons. The minimum absolute atomic E-state index is 0.00669. The maximum absolute atomic E-state index is 13.2. The first-order chi connectivity index (χ1) is 25.6. The van der Waals surface area contributed by atoms with E-state index in [1.165, 1.54) is 29.2 Å². The molecule has 0 aromatic heterocycles. The molecule has 0 aliphatic heterocycles. The van der Waals surface area contributed by atoms with Crippen molar-refractivity contribution in [2.24, 2.45) is 0 Å². The number of rotatable bonds is 15. The van der Waals surface area contributed by atoms with Gasteiger partial charge in [0.2, 0.25) is 5.91 Å². The van der Waals surface area contributed by atoms with Crippen LogP contribution in [-0.4, -0.2) is 78.5 Å². The SMILES string of the molecule is O=C(NCCC(=O)N(CCOC(=O)Oc1ccc([N+](=O)[O-])cc1)CCOC(=O)Oc1ccc([N+](=O)[O-])cc1)OCC1c2ccccc2-c2ccccc21. The zero-order chi connectivity index (χ0) is 37.7. The first kappa shape index (κ1) is 37.2. The summed E-state index contributed by atoms with van der Waals surface area (Å²) in [5.74, 6) is -0.659. The summed E-state index contributed by atoms with van der Waals surface area (Å²) < 4.78 is 25.6. The second-order valence-corrected chi connectivity index (χ2v) is 11.3. The topological polar surface area (TPSA) is 216 Å². The lowest BCUT2D eigenvalue weighted by Gasteiger charge is -2.22. The highest BCUT2D eigenvalue weighted by Gasteiger charge is 2.29. The van der Waals surface area contributed by atoms with Gasteiger partial charge in [-0.2, -0.15) is 0 Å². The van der Waals surface area contributed by atoms with Gasteiger partial charge in [-0.15, -0.1) is 0 Å². The molecule has 0 spiro atoms. The molecule has 0 fully saturated rings. The third-order valence-corrected chi connectivity index (χ3v) is 7.96. The van der Waals surface area contributed by atoms with Gasteiger partial charge in [0.1, 0.15) is 31.3 Å². The Balaban J connectivity index is 1.10. The summed E-state index contributed by atoms with van der Waals surface area (Å²) in [7, 11) is 0. The number of hydrogen-bond donors (Lipinski definition) is 1. The molecule has 0 saturated heterocycles. The molecule has 5 rings (SSSR count). The van der Waals surface area contributed by atoms with Gasteiger partial charge < -0.3 is 33.9 Å². The molecule has 4 aromatic carbocycles. The Morgan fingerprint density at radius 3 is 1.55 bits per heavy atom. The predicted molar refractivity (Wildman–Crippen MR) is 184 cm³/mol. The number of amides is 2. The molecule has 1 aliphatic rings. The Labute approximate surface area is 301 Å². The van der Waals surface area contributed by atoms with E-state index in [2.05, 4.69) is 5.32 Å². The Kier molecular flexibility index (Phi) is 12.5. The van der Waals surface area contributed by atoms with Crippen LogP contribution in [0.5, 0.6) is 11.5 Å². The minimum atomic E-state index is -1.13. The van der Waals surface area contributed by atoms with Crippen LogP contribution in [0.4, 0.5) is 25.8 Å². The fourth-order valence-corrected chi connectivity index (χ4v) is 5.44. The van der Waals surface area contributed by atoms with Gasteiger partial charge in [0.25, 0.3) is 11.4 Å². The van der Waals surface area contributed by atoms with Crippen LogP contribution in [-0.2, 0) is 19.0 Å². The van der Waals surface area contributed by atoms with Crippen LogP contribution < -0.4 is 14.8 Å². The summed E-state index contributed by atoms with van der Waals surface area (Å²) in [6.07, 6.45) is -3.18. The number of hydrogen-bond acceptors (Lipinski definition) is 13. The van der Waals surface area contributed by atoms with E-state index in [1.54, 1.807) is 0 Å². The molecule has 53 heavy (non-hydrogen) atoms. The number of fused-ring (bicyclic) bond motifs is 3. The van der Waals surface area contributed by atoms with Crippen molar-refractivity contribution >= 4 is 35.7 Å². The first-order valence-corrected chi connectivity index (χ1v) is 16.1. The van der Waals surface area contributed by atoms with Crippen LogP contribution in [0.3, 0.4) is 0 Å². The molecule has 0 atom stereocenters. The lowest BCUT2D eigenvalue weighted by Crippen LogP contribution is -2.39. The number of carbonyl (C=O) groups excluding carboxylic acids is 4. The maximum atomic E-state index is 13.2. The summed E-state index contributed by atoms with van der Waals surface area (Å²) in [6, 6.07) is 25.2. The molecular weight excluding hydrogens is 696 g/mol. The predicted octanol–water partition coefficient (Wildman–Crippen LogP) is 5.99. The summed E-state index contributed by atoms with van der Waals surface area (Å²) in [4.78, 5) is 71.8. The van der Waals surface area contributed by atoms with Crippen LogP contribution in [0, 0.1) is 20.2 Å². The maximum Gasteiger partial charge on any atom is 0.513 e. The Morgan fingerprint density at radius 1 is 0.642 bits per heavy atom. The van der Waals surface area contributed by atoms with E-state index in [0.717, 1.165) is 46.5 Å². The largest absolute Gasteiger partial charge is 0.513 e. The molecule has 4 aromatic rings. The van der Waals surface area contributed by atoms with E-state index >= 15 is 0 Å². The molecule has 1 N–H and O–H groups in total. The van der Waals surface area contributed by atoms with E-state index in [0.29, 0.717) is 0 Å². The number of non-ortho nitro benzene ring substituents is 2. The number of nitrogens with one attached hydrogen (secondary N) is 1. The molecule has 17 heteroatoms. The number of carbonyl (C=O) groups is 4. The highest BCUT2D eigenvalue weighted by atomic mass is 16.7. The molecule has 0 unspecified atom stereocenters. The van der Waals surface area contributed by atoms with Crippen LogP contribution in [0.1, 0.15) is 23.5 Å². The second-order valence-electron chi connectivity index (χ2n) is 11.3. The molecular formula is C36H32N4O13. The fourth-order valence-electron chi connectivity index (χ4n) is 5.44. The monoisotopic (exact) mass is 728 g/mol. The van der Waals surface area contributed by atoms with Gasteiger partial charge in [-0.1, -0.05) is 48.5 Å². The van der Waals surface area contributed by atoms with E-state index in [-0.39, 0.29) is 74.7 Å². The van der Waals surface area contributed by atoms with Crippen molar-refractivity contribution in [2.75, 3.05) is 39.5 Å². The third-order valence-electron chi connectivity index (χ3n) is 7.96. The second kappa shape index (κ2) is 17.8. The van der Waals surface area contributed by atoms with E-state index < -0.39 is 34.2 Å². The van der Waals surface area contributed by atoms with Gasteiger partial charge in [-0.25, -0.2) is 14.4 Å². The van der Waals surface area contributed by atoms with E-state index in [1.807, 2.05) is 48.5 Å². The summed E-state index contributed by atoms with van der Waals surface area (Å²) in [6.45, 7) is -1.03. The highest BCUT2D eigenvalue weighted by Crippen LogP contribution is 2.44. The number of alkyl carbamates (subject to hydrolysis) is 1. The third kappa shape index (κ3) is 10.3. The molecule has 0 heterocycles. The molecule has 0 saturated carbocycles. The van der Waals surface area contributed by atoms with Gasteiger partial charge in [-0.05, 0) is 46.5 Å². The average Bonchev–Trinajstić information content (AvgIpc) is 3.47. The smallest absolute Gasteiger partial charge is 0.449 e. The number of ether oxygens (including phenoxy) is 5. The van der Waals surface area contributed by atoms with E-state index in [9.17, 15) is 39.4 Å². The number of nitrogens with zero attached hydrogens (tertiary/aromatic N) is 3. The normalized spacial score (nSPS) is 11.3. The van der Waals surface area contributed by atoms with Crippen molar-refractivity contribution in [1.29, 1.82) is 0 Å². The van der Waals surface area contributed by atoms with Crippen molar-refractivity contribution in [3.63, 3.8) is 0 Å². The average molecular weight is 729 g/mol. The van der Waals surface area contributed by atoms with Gasteiger partial charge in [0.05, 0.1) is 22.9 Å². The van der Waals surface area contributed by atoms with Gasteiger partial charge in [0, 0.05) is 43.1 Å². The number of nitro groups is 2. The van der Waals surface area contributed by atoms with E-state index in [4.69, 9.17) is 23.7 Å². The Bertz CT molecular complexity index is 1850. The molecule has 17 nitrogen and oxygen atoms in total. The van der Waals surface area contributed by atoms with Gasteiger partial charge in [0.15, 0.2) is 0 Å². The van der Waals surface area contributed by atoms with Crippen LogP contribution in [0.25, 0.3) is 11.1 Å². The van der Waals surface area contributed by atoms with Gasteiger partial charge in [-0.3, -0.25) is 25.0 Å². The highest BCUT2D eigenvalue weighted by molar-refractivity contribution is 5.79. The quantitative estimate of drug-likeness (QED) is 0.0490. The van der Waals surface area contributed by atoms with Crippen molar-refractivity contribution in [3.05, 3.63) is 128 Å². The van der Waals surface area contributed by atoms with Crippen LogP contribution >= 0.6 is 0 Å². The lowest BCUT2D eigenvalue weighted by molar-refractivity contribution is -0.385. The zero-order valence-electron chi connectivity index (χ0n) is 27.9. The van der Waals surface area contributed by atoms with Crippen molar-refractivity contribution in [3.8, 4) is 22.6 Å². The van der Waals surface area contributed by atoms with Crippen molar-refractivity contribution in [1.82, 2.24) is 10.2 Å². The minimum Gasteiger partial charge on any atom is -0.449 e. The van der Waals surface area contributed by atoms with Crippen molar-refractivity contribution < 1.29 is 52.7 Å². The zero-order valence-corrected chi connectivity index (χ0v) is 27.9. The fraction of sp³-hybridized carbons (Fsp3) is 0.222. The Morgan fingerprint density at radius 2 is 1.09 bits per heavy atom. The summed E-state index contributed by atoms with van der Waals surface area (Å²) in [5.41, 5.74) is 3.85. The van der Waals surface area contributed by atoms with Crippen LogP contribution in [0.2, 0.25) is 0 Å². The Hall–Kier alpha value is -7.04. The molecule has 0 bridgehead atoms. The first-order valence-electron chi connectivity index (χ1n) is 16.1. The summed E-state index contributed by atoms with van der Waals surface area (Å²) >= 11 is 0. The number of nitro benzene ring substituents is 2. The van der Waals surface area contributed by atoms with Gasteiger partial charge >= 0.3 is 18.4 Å². The summed E-state index contributed by atoms with van der Waals surface area (Å²) in [5, 5.41) is 24.2. The number of benzene rings is 4. The molecule has 1 aliphatic carbocycles.